The average molecular weight is 268 g/mol. The van der Waals surface area contributed by atoms with Gasteiger partial charge in [0.15, 0.2) is 0 Å². The van der Waals surface area contributed by atoms with Gasteiger partial charge in [0.1, 0.15) is 0 Å². The summed E-state index contributed by atoms with van der Waals surface area (Å²) in [5.74, 6) is 1.33. The summed E-state index contributed by atoms with van der Waals surface area (Å²) in [6.45, 7) is 0. The third kappa shape index (κ3) is 2.41. The maximum atomic E-state index is 6.40. The molecule has 1 aromatic carbocycles. The lowest BCUT2D eigenvalue weighted by Crippen LogP contribution is -2.15. The molecule has 0 spiro atoms. The van der Waals surface area contributed by atoms with Gasteiger partial charge >= 0.3 is 0 Å². The average Bonchev–Trinajstić information content (AvgIpc) is 2.45. The molecule has 3 heteroatoms. The summed E-state index contributed by atoms with van der Waals surface area (Å²) in [4.78, 5) is 4.23. The van der Waals surface area contributed by atoms with Gasteiger partial charge in [0.05, 0.1) is 13.2 Å². The molecular weight excluding hydrogens is 248 g/mol. The van der Waals surface area contributed by atoms with Crippen LogP contribution >= 0.6 is 0 Å². The molecule has 1 unspecified atom stereocenters. The van der Waals surface area contributed by atoms with Crippen LogP contribution in [0.3, 0.4) is 0 Å². The van der Waals surface area contributed by atoms with E-state index >= 15 is 0 Å². The van der Waals surface area contributed by atoms with E-state index in [0.29, 0.717) is 5.88 Å². The molecule has 1 atom stereocenters. The van der Waals surface area contributed by atoms with E-state index in [1.807, 2.05) is 12.1 Å². The SMILES string of the molecule is COc1ncccc1C(N)c1cccc(C2CCC2)c1. The normalized spacial score (nSPS) is 16.5. The maximum absolute atomic E-state index is 6.40. The van der Waals surface area contributed by atoms with Crippen molar-refractivity contribution in [3.8, 4) is 5.88 Å². The van der Waals surface area contributed by atoms with Crippen LogP contribution in [0.15, 0.2) is 42.6 Å². The smallest absolute Gasteiger partial charge is 0.218 e. The van der Waals surface area contributed by atoms with E-state index in [1.165, 1.54) is 24.8 Å². The Morgan fingerprint density at radius 3 is 2.80 bits per heavy atom. The van der Waals surface area contributed by atoms with Gasteiger partial charge in [-0.25, -0.2) is 4.98 Å². The molecule has 3 nitrogen and oxygen atoms in total. The number of aromatic nitrogens is 1. The predicted molar refractivity (Wildman–Crippen MR) is 79.9 cm³/mol. The van der Waals surface area contributed by atoms with Crippen LogP contribution in [-0.4, -0.2) is 12.1 Å². The fraction of sp³-hybridized carbons (Fsp3) is 0.353. The minimum absolute atomic E-state index is 0.196. The Labute approximate surface area is 119 Å². The summed E-state index contributed by atoms with van der Waals surface area (Å²) >= 11 is 0. The second-order valence-corrected chi connectivity index (χ2v) is 5.38. The molecule has 3 rings (SSSR count). The molecule has 1 heterocycles. The largest absolute Gasteiger partial charge is 0.481 e. The van der Waals surface area contributed by atoms with Gasteiger partial charge < -0.3 is 10.5 Å². The van der Waals surface area contributed by atoms with Gasteiger partial charge in [-0.1, -0.05) is 36.8 Å². The van der Waals surface area contributed by atoms with Crippen molar-refractivity contribution in [3.63, 3.8) is 0 Å². The first-order chi connectivity index (χ1) is 9.79. The molecule has 1 aliphatic rings. The second kappa shape index (κ2) is 5.63. The van der Waals surface area contributed by atoms with Crippen molar-refractivity contribution in [2.75, 3.05) is 7.11 Å². The standard InChI is InChI=1S/C17H20N2O/c1-20-17-15(9-4-10-19-17)16(18)14-8-3-7-13(11-14)12-5-2-6-12/h3-4,7-12,16H,2,5-6,18H2,1H3. The van der Waals surface area contributed by atoms with Gasteiger partial charge in [0.25, 0.3) is 0 Å². The fourth-order valence-electron chi connectivity index (χ4n) is 2.74. The lowest BCUT2D eigenvalue weighted by Gasteiger charge is -2.26. The van der Waals surface area contributed by atoms with Gasteiger partial charge in [-0.2, -0.15) is 0 Å². The number of ether oxygens (including phenoxy) is 1. The summed E-state index contributed by atoms with van der Waals surface area (Å²) < 4.78 is 5.31. The van der Waals surface area contributed by atoms with Gasteiger partial charge in [0.2, 0.25) is 5.88 Å². The molecule has 1 fully saturated rings. The number of rotatable bonds is 4. The van der Waals surface area contributed by atoms with Crippen LogP contribution < -0.4 is 10.5 Å². The molecule has 1 aromatic heterocycles. The summed E-state index contributed by atoms with van der Waals surface area (Å²) in [6, 6.07) is 12.3. The minimum atomic E-state index is -0.196. The van der Waals surface area contributed by atoms with Crippen molar-refractivity contribution in [3.05, 3.63) is 59.3 Å². The quantitative estimate of drug-likeness (QED) is 0.924. The minimum Gasteiger partial charge on any atom is -0.481 e. The first-order valence-corrected chi connectivity index (χ1v) is 7.14. The molecule has 0 saturated heterocycles. The van der Waals surface area contributed by atoms with E-state index in [4.69, 9.17) is 10.5 Å². The molecule has 1 saturated carbocycles. The molecule has 0 amide bonds. The molecule has 0 radical (unpaired) electrons. The summed E-state index contributed by atoms with van der Waals surface area (Å²) in [7, 11) is 1.63. The number of hydrogen-bond acceptors (Lipinski definition) is 3. The molecule has 0 bridgehead atoms. The molecule has 1 aliphatic carbocycles. The van der Waals surface area contributed by atoms with Crippen molar-refractivity contribution >= 4 is 0 Å². The van der Waals surface area contributed by atoms with E-state index in [1.54, 1.807) is 13.3 Å². The Balaban J connectivity index is 1.91. The van der Waals surface area contributed by atoms with Crippen molar-refractivity contribution in [2.24, 2.45) is 5.73 Å². The van der Waals surface area contributed by atoms with Crippen molar-refractivity contribution in [2.45, 2.75) is 31.2 Å². The van der Waals surface area contributed by atoms with Crippen LogP contribution in [0.4, 0.5) is 0 Å². The molecule has 0 aliphatic heterocycles. The number of benzene rings is 1. The van der Waals surface area contributed by atoms with Crippen LogP contribution in [-0.2, 0) is 0 Å². The Bertz CT molecular complexity index is 593. The van der Waals surface area contributed by atoms with Crippen molar-refractivity contribution < 1.29 is 4.74 Å². The molecule has 2 aromatic rings. The van der Waals surface area contributed by atoms with Crippen molar-refractivity contribution in [1.29, 1.82) is 0 Å². The number of methoxy groups -OCH3 is 1. The monoisotopic (exact) mass is 268 g/mol. The van der Waals surface area contributed by atoms with Crippen LogP contribution in [0.5, 0.6) is 5.88 Å². The van der Waals surface area contributed by atoms with Gasteiger partial charge in [-0.15, -0.1) is 0 Å². The van der Waals surface area contributed by atoms with E-state index in [9.17, 15) is 0 Å². The second-order valence-electron chi connectivity index (χ2n) is 5.38. The third-order valence-corrected chi connectivity index (χ3v) is 4.18. The Morgan fingerprint density at radius 1 is 1.25 bits per heavy atom. The molecule has 2 N–H and O–H groups in total. The topological polar surface area (TPSA) is 48.1 Å². The number of nitrogens with two attached hydrogens (primary N) is 1. The van der Waals surface area contributed by atoms with E-state index in [0.717, 1.165) is 17.0 Å². The molecule has 20 heavy (non-hydrogen) atoms. The third-order valence-electron chi connectivity index (χ3n) is 4.18. The van der Waals surface area contributed by atoms with Gasteiger partial charge in [-0.05, 0) is 36.0 Å². The van der Waals surface area contributed by atoms with E-state index in [-0.39, 0.29) is 6.04 Å². The first kappa shape index (κ1) is 13.1. The maximum Gasteiger partial charge on any atom is 0.218 e. The number of pyridine rings is 1. The van der Waals surface area contributed by atoms with E-state index < -0.39 is 0 Å². The zero-order valence-corrected chi connectivity index (χ0v) is 11.8. The highest BCUT2D eigenvalue weighted by Gasteiger charge is 2.21. The van der Waals surface area contributed by atoms with E-state index in [2.05, 4.69) is 29.2 Å². The Hall–Kier alpha value is -1.87. The van der Waals surface area contributed by atoms with Crippen LogP contribution in [0.2, 0.25) is 0 Å². The van der Waals surface area contributed by atoms with Crippen molar-refractivity contribution in [1.82, 2.24) is 4.98 Å². The van der Waals surface area contributed by atoms with Crippen LogP contribution in [0, 0.1) is 0 Å². The van der Waals surface area contributed by atoms with Gasteiger partial charge in [0, 0.05) is 11.8 Å². The fourth-order valence-corrected chi connectivity index (χ4v) is 2.74. The van der Waals surface area contributed by atoms with Gasteiger partial charge in [-0.3, -0.25) is 0 Å². The highest BCUT2D eigenvalue weighted by molar-refractivity contribution is 5.39. The summed E-state index contributed by atoms with van der Waals surface area (Å²) in [5.41, 5.74) is 9.87. The first-order valence-electron chi connectivity index (χ1n) is 7.14. The lowest BCUT2D eigenvalue weighted by molar-refractivity contribution is 0.390. The zero-order chi connectivity index (χ0) is 13.9. The molecule has 104 valence electrons. The summed E-state index contributed by atoms with van der Waals surface area (Å²) in [5, 5.41) is 0. The lowest BCUT2D eigenvalue weighted by atomic mass is 9.79. The number of hydrogen-bond donors (Lipinski definition) is 1. The predicted octanol–water partition coefficient (Wildman–Crippen LogP) is 3.41. The Kier molecular flexibility index (Phi) is 3.70. The zero-order valence-electron chi connectivity index (χ0n) is 11.8. The highest BCUT2D eigenvalue weighted by atomic mass is 16.5. The highest BCUT2D eigenvalue weighted by Crippen LogP contribution is 2.37. The number of nitrogens with zero attached hydrogens (tertiary/aromatic N) is 1. The van der Waals surface area contributed by atoms with Crippen LogP contribution in [0.25, 0.3) is 0 Å². The molecular formula is C17H20N2O. The van der Waals surface area contributed by atoms with Crippen LogP contribution in [0.1, 0.15) is 47.9 Å². The Morgan fingerprint density at radius 2 is 2.10 bits per heavy atom. The summed E-state index contributed by atoms with van der Waals surface area (Å²) in [6.07, 6.45) is 5.67.